The van der Waals surface area contributed by atoms with Gasteiger partial charge in [-0.2, -0.15) is 0 Å². The molecule has 0 spiro atoms. The first-order valence-corrected chi connectivity index (χ1v) is 7.73. The second-order valence-corrected chi connectivity index (χ2v) is 6.22. The lowest BCUT2D eigenvalue weighted by Crippen LogP contribution is -2.51. The largest absolute Gasteiger partial charge is 0.339 e. The van der Waals surface area contributed by atoms with Crippen molar-refractivity contribution in [2.75, 3.05) is 26.2 Å². The van der Waals surface area contributed by atoms with Crippen LogP contribution in [0, 0.1) is 11.7 Å². The molecule has 1 fully saturated rings. The number of carbonyl (C=O) groups is 2. The van der Waals surface area contributed by atoms with Crippen LogP contribution < -0.4 is 0 Å². The molecule has 2 amide bonds. The molecule has 4 nitrogen and oxygen atoms in total. The van der Waals surface area contributed by atoms with E-state index < -0.39 is 5.82 Å². The van der Waals surface area contributed by atoms with Crippen LogP contribution in [0.1, 0.15) is 24.2 Å². The summed E-state index contributed by atoms with van der Waals surface area (Å²) in [6.45, 7) is 5.56. The zero-order valence-corrected chi connectivity index (χ0v) is 13.7. The summed E-state index contributed by atoms with van der Waals surface area (Å²) in [5.74, 6) is -0.825. The second-order valence-electron chi connectivity index (χ2n) is 5.37. The highest BCUT2D eigenvalue weighted by Crippen LogP contribution is 2.22. The van der Waals surface area contributed by atoms with E-state index in [2.05, 4.69) is 15.9 Å². The van der Waals surface area contributed by atoms with Crippen LogP contribution in [0.5, 0.6) is 0 Å². The summed E-state index contributed by atoms with van der Waals surface area (Å²) in [7, 11) is 0. The number of halogens is 2. The van der Waals surface area contributed by atoms with Crippen molar-refractivity contribution in [1.82, 2.24) is 9.80 Å². The van der Waals surface area contributed by atoms with Gasteiger partial charge in [-0.1, -0.05) is 19.9 Å². The third kappa shape index (κ3) is 3.43. The smallest absolute Gasteiger partial charge is 0.258 e. The van der Waals surface area contributed by atoms with Crippen molar-refractivity contribution in [2.24, 2.45) is 5.92 Å². The van der Waals surface area contributed by atoms with Crippen LogP contribution in [-0.4, -0.2) is 47.8 Å². The first-order valence-electron chi connectivity index (χ1n) is 6.94. The van der Waals surface area contributed by atoms with Crippen LogP contribution in [0.4, 0.5) is 4.39 Å². The van der Waals surface area contributed by atoms with Gasteiger partial charge >= 0.3 is 0 Å². The number of nitrogens with zero attached hydrogens (tertiary/aromatic N) is 2. The Kier molecular flexibility index (Phi) is 4.98. The molecule has 2 rings (SSSR count). The molecule has 0 aliphatic carbocycles. The van der Waals surface area contributed by atoms with Gasteiger partial charge in [0.15, 0.2) is 0 Å². The topological polar surface area (TPSA) is 40.6 Å². The summed E-state index contributed by atoms with van der Waals surface area (Å²) in [5, 5.41) is 0. The summed E-state index contributed by atoms with van der Waals surface area (Å²) in [6, 6.07) is 4.47. The molecular formula is C15H18BrFN2O2. The maximum absolute atomic E-state index is 13.8. The van der Waals surface area contributed by atoms with Gasteiger partial charge in [0.2, 0.25) is 5.91 Å². The van der Waals surface area contributed by atoms with Gasteiger partial charge in [-0.15, -0.1) is 0 Å². The fourth-order valence-corrected chi connectivity index (χ4v) is 2.87. The Labute approximate surface area is 132 Å². The van der Waals surface area contributed by atoms with Gasteiger partial charge in [0.05, 0.1) is 5.56 Å². The molecular weight excluding hydrogens is 339 g/mol. The van der Waals surface area contributed by atoms with Crippen LogP contribution in [0.25, 0.3) is 0 Å². The van der Waals surface area contributed by atoms with Gasteiger partial charge < -0.3 is 9.80 Å². The lowest BCUT2D eigenvalue weighted by molar-refractivity contribution is -0.135. The van der Waals surface area contributed by atoms with Crippen LogP contribution in [0.2, 0.25) is 0 Å². The first-order chi connectivity index (χ1) is 9.91. The molecule has 1 aliphatic rings. The summed E-state index contributed by atoms with van der Waals surface area (Å²) in [6.07, 6.45) is 0. The molecule has 0 saturated carbocycles. The van der Waals surface area contributed by atoms with Gasteiger partial charge in [0.25, 0.3) is 5.91 Å². The normalized spacial score (nSPS) is 15.5. The van der Waals surface area contributed by atoms with Crippen molar-refractivity contribution in [3.8, 4) is 0 Å². The second kappa shape index (κ2) is 6.56. The average Bonchev–Trinajstić information content (AvgIpc) is 2.46. The highest BCUT2D eigenvalue weighted by Gasteiger charge is 2.28. The minimum Gasteiger partial charge on any atom is -0.339 e. The number of piperazine rings is 1. The average molecular weight is 357 g/mol. The Morgan fingerprint density at radius 1 is 1.14 bits per heavy atom. The standard InChI is InChI=1S/C15H18BrFN2O2/c1-10(2)14(20)18-6-8-19(9-7-18)15(21)13-11(16)4-3-5-12(13)17/h3-5,10H,6-9H2,1-2H3. The minimum absolute atomic E-state index is 0.0482. The van der Waals surface area contributed by atoms with Crippen molar-refractivity contribution in [3.05, 3.63) is 34.1 Å². The maximum atomic E-state index is 13.8. The number of amides is 2. The third-order valence-electron chi connectivity index (χ3n) is 3.55. The Balaban J connectivity index is 2.06. The van der Waals surface area contributed by atoms with E-state index in [0.29, 0.717) is 30.7 Å². The number of rotatable bonds is 2. The van der Waals surface area contributed by atoms with Crippen LogP contribution in [-0.2, 0) is 4.79 Å². The van der Waals surface area contributed by atoms with E-state index in [1.807, 2.05) is 13.8 Å². The van der Waals surface area contributed by atoms with Gasteiger partial charge in [-0.25, -0.2) is 4.39 Å². The van der Waals surface area contributed by atoms with Crippen molar-refractivity contribution < 1.29 is 14.0 Å². The lowest BCUT2D eigenvalue weighted by atomic mass is 10.1. The fourth-order valence-electron chi connectivity index (χ4n) is 2.36. The molecule has 0 radical (unpaired) electrons. The van der Waals surface area contributed by atoms with Crippen molar-refractivity contribution in [3.63, 3.8) is 0 Å². The molecule has 1 aromatic rings. The molecule has 0 aromatic heterocycles. The molecule has 1 heterocycles. The molecule has 6 heteroatoms. The van der Waals surface area contributed by atoms with E-state index in [-0.39, 0.29) is 23.3 Å². The lowest BCUT2D eigenvalue weighted by Gasteiger charge is -2.35. The maximum Gasteiger partial charge on any atom is 0.258 e. The summed E-state index contributed by atoms with van der Waals surface area (Å²) in [4.78, 5) is 27.7. The van der Waals surface area contributed by atoms with Gasteiger partial charge in [-0.3, -0.25) is 9.59 Å². The molecule has 1 saturated heterocycles. The van der Waals surface area contributed by atoms with Gasteiger partial charge in [0.1, 0.15) is 5.82 Å². The van der Waals surface area contributed by atoms with Crippen LogP contribution in [0.15, 0.2) is 22.7 Å². The zero-order valence-electron chi connectivity index (χ0n) is 12.1. The molecule has 1 aliphatic heterocycles. The van der Waals surface area contributed by atoms with E-state index in [9.17, 15) is 14.0 Å². The quantitative estimate of drug-likeness (QED) is 0.816. The summed E-state index contributed by atoms with van der Waals surface area (Å²) < 4.78 is 14.3. The van der Waals surface area contributed by atoms with Crippen molar-refractivity contribution in [1.29, 1.82) is 0 Å². The van der Waals surface area contributed by atoms with Crippen LogP contribution >= 0.6 is 15.9 Å². The number of hydrogen-bond acceptors (Lipinski definition) is 2. The van der Waals surface area contributed by atoms with Gasteiger partial charge in [0, 0.05) is 36.6 Å². The first kappa shape index (κ1) is 15.9. The predicted molar refractivity (Wildman–Crippen MR) is 81.4 cm³/mol. The molecule has 1 aromatic carbocycles. The molecule has 114 valence electrons. The van der Waals surface area contributed by atoms with E-state index in [1.165, 1.54) is 6.07 Å². The number of benzene rings is 1. The van der Waals surface area contributed by atoms with E-state index in [4.69, 9.17) is 0 Å². The van der Waals surface area contributed by atoms with Crippen molar-refractivity contribution >= 4 is 27.7 Å². The Morgan fingerprint density at radius 2 is 1.71 bits per heavy atom. The highest BCUT2D eigenvalue weighted by molar-refractivity contribution is 9.10. The minimum atomic E-state index is -0.532. The van der Waals surface area contributed by atoms with E-state index in [0.717, 1.165) is 0 Å². The zero-order chi connectivity index (χ0) is 15.6. The van der Waals surface area contributed by atoms with E-state index >= 15 is 0 Å². The number of carbonyl (C=O) groups excluding carboxylic acids is 2. The number of hydrogen-bond donors (Lipinski definition) is 0. The van der Waals surface area contributed by atoms with Crippen molar-refractivity contribution in [2.45, 2.75) is 13.8 Å². The Bertz CT molecular complexity index is 534. The molecule has 0 N–H and O–H groups in total. The Morgan fingerprint density at radius 3 is 2.24 bits per heavy atom. The fraction of sp³-hybridized carbons (Fsp3) is 0.467. The third-order valence-corrected chi connectivity index (χ3v) is 4.21. The SMILES string of the molecule is CC(C)C(=O)N1CCN(C(=O)c2c(F)cccc2Br)CC1. The molecule has 21 heavy (non-hydrogen) atoms. The summed E-state index contributed by atoms with van der Waals surface area (Å²) >= 11 is 3.22. The molecule has 0 unspecified atom stereocenters. The Hall–Kier alpha value is -1.43. The monoisotopic (exact) mass is 356 g/mol. The predicted octanol–water partition coefficient (Wildman–Crippen LogP) is 2.53. The van der Waals surface area contributed by atoms with Crippen LogP contribution in [0.3, 0.4) is 0 Å². The summed E-state index contributed by atoms with van der Waals surface area (Å²) in [5.41, 5.74) is 0.0566. The highest BCUT2D eigenvalue weighted by atomic mass is 79.9. The van der Waals surface area contributed by atoms with E-state index in [1.54, 1.807) is 21.9 Å². The molecule has 0 atom stereocenters. The van der Waals surface area contributed by atoms with Gasteiger partial charge in [-0.05, 0) is 28.1 Å². The molecule has 0 bridgehead atoms.